The first-order chi connectivity index (χ1) is 9.56. The van der Waals surface area contributed by atoms with E-state index >= 15 is 0 Å². The fourth-order valence-electron chi connectivity index (χ4n) is 2.24. The molecule has 0 aliphatic carbocycles. The second kappa shape index (κ2) is 16.5. The first-order valence-corrected chi connectivity index (χ1v) is 9.83. The molecule has 0 saturated carbocycles. The van der Waals surface area contributed by atoms with Gasteiger partial charge >= 0.3 is 0 Å². The summed E-state index contributed by atoms with van der Waals surface area (Å²) in [6.07, 6.45) is 13.8. The molecule has 0 saturated heterocycles. The predicted octanol–water partition coefficient (Wildman–Crippen LogP) is 4.20. The number of nitrogens with one attached hydrogen (secondary N) is 1. The lowest BCUT2D eigenvalue weighted by Crippen LogP contribution is -2.19. The molecule has 0 bridgehead atoms. The molecule has 0 aliphatic rings. The van der Waals surface area contributed by atoms with Crippen LogP contribution >= 0.6 is 12.4 Å². The average molecular weight is 344 g/mol. The van der Waals surface area contributed by atoms with Gasteiger partial charge in [-0.15, -0.1) is 12.4 Å². The third-order valence-corrected chi connectivity index (χ3v) is 4.27. The van der Waals surface area contributed by atoms with Crippen LogP contribution in [0.4, 0.5) is 0 Å². The summed E-state index contributed by atoms with van der Waals surface area (Å²) in [6, 6.07) is 0. The minimum Gasteiger partial charge on any atom is -0.317 e. The zero-order chi connectivity index (χ0) is 15.1. The molecule has 0 spiro atoms. The van der Waals surface area contributed by atoms with Gasteiger partial charge in [-0.2, -0.15) is 8.42 Å². The zero-order valence-corrected chi connectivity index (χ0v) is 15.1. The van der Waals surface area contributed by atoms with Gasteiger partial charge in [0, 0.05) is 0 Å². The quantitative estimate of drug-likeness (QED) is 0.345. The van der Waals surface area contributed by atoms with E-state index in [-0.39, 0.29) is 18.2 Å². The molecule has 0 aromatic carbocycles. The molecule has 0 aromatic rings. The molecule has 0 rings (SSSR count). The molecule has 0 atom stereocenters. The lowest BCUT2D eigenvalue weighted by Gasteiger charge is -2.04. The molecule has 4 nitrogen and oxygen atoms in total. The third kappa shape index (κ3) is 22.6. The third-order valence-electron chi connectivity index (χ3n) is 3.46. The van der Waals surface area contributed by atoms with Crippen LogP contribution in [0.5, 0.6) is 0 Å². The van der Waals surface area contributed by atoms with E-state index in [0.717, 1.165) is 13.0 Å². The number of hydrogen-bond acceptors (Lipinski definition) is 3. The van der Waals surface area contributed by atoms with Crippen molar-refractivity contribution in [2.24, 2.45) is 0 Å². The van der Waals surface area contributed by atoms with Crippen molar-refractivity contribution >= 4 is 22.5 Å². The van der Waals surface area contributed by atoms with Crippen LogP contribution in [0.2, 0.25) is 0 Å². The van der Waals surface area contributed by atoms with Crippen LogP contribution in [0, 0.1) is 0 Å². The van der Waals surface area contributed by atoms with Gasteiger partial charge in [0.25, 0.3) is 10.1 Å². The van der Waals surface area contributed by atoms with Gasteiger partial charge in [0.2, 0.25) is 0 Å². The highest BCUT2D eigenvalue weighted by molar-refractivity contribution is 7.85. The van der Waals surface area contributed by atoms with E-state index in [1.54, 1.807) is 0 Å². The first-order valence-electron chi connectivity index (χ1n) is 8.22. The Labute approximate surface area is 137 Å². The maximum absolute atomic E-state index is 10.5. The van der Waals surface area contributed by atoms with E-state index in [9.17, 15) is 8.42 Å². The Morgan fingerprint density at radius 3 is 1.67 bits per heavy atom. The van der Waals surface area contributed by atoms with E-state index in [1.807, 2.05) is 0 Å². The second-order valence-electron chi connectivity index (χ2n) is 5.57. The van der Waals surface area contributed by atoms with E-state index in [4.69, 9.17) is 4.55 Å². The van der Waals surface area contributed by atoms with Crippen molar-refractivity contribution in [2.75, 3.05) is 18.8 Å². The van der Waals surface area contributed by atoms with E-state index in [1.165, 1.54) is 57.8 Å². The molecular weight excluding hydrogens is 310 g/mol. The van der Waals surface area contributed by atoms with Gasteiger partial charge in [-0.3, -0.25) is 4.55 Å². The number of halogens is 1. The predicted molar refractivity (Wildman–Crippen MR) is 93.0 cm³/mol. The van der Waals surface area contributed by atoms with Gasteiger partial charge in [-0.1, -0.05) is 64.7 Å². The van der Waals surface area contributed by atoms with Crippen molar-refractivity contribution in [3.8, 4) is 0 Å². The summed E-state index contributed by atoms with van der Waals surface area (Å²) in [5.74, 6) is -0.141. The van der Waals surface area contributed by atoms with Crippen molar-refractivity contribution in [3.63, 3.8) is 0 Å². The van der Waals surface area contributed by atoms with Crippen LogP contribution in [0.3, 0.4) is 0 Å². The number of rotatable bonds is 15. The highest BCUT2D eigenvalue weighted by Crippen LogP contribution is 2.10. The molecule has 2 N–H and O–H groups in total. The fraction of sp³-hybridized carbons (Fsp3) is 1.00. The Bertz CT molecular complexity index is 297. The molecule has 21 heavy (non-hydrogen) atoms. The summed E-state index contributed by atoms with van der Waals surface area (Å²) in [5, 5.41) is 3.21. The molecule has 0 unspecified atom stereocenters. The highest BCUT2D eigenvalue weighted by atomic mass is 35.5. The molecule has 0 radical (unpaired) electrons. The Balaban J connectivity index is 0. The van der Waals surface area contributed by atoms with E-state index < -0.39 is 10.1 Å². The number of hydrogen-bond donors (Lipinski definition) is 2. The van der Waals surface area contributed by atoms with E-state index in [2.05, 4.69) is 12.2 Å². The van der Waals surface area contributed by atoms with Crippen LogP contribution in [0.25, 0.3) is 0 Å². The van der Waals surface area contributed by atoms with Gasteiger partial charge in [0.05, 0.1) is 5.75 Å². The summed E-state index contributed by atoms with van der Waals surface area (Å²) >= 11 is 0. The lowest BCUT2D eigenvalue weighted by atomic mass is 10.1. The second-order valence-corrected chi connectivity index (χ2v) is 7.14. The summed E-state index contributed by atoms with van der Waals surface area (Å²) < 4.78 is 29.5. The summed E-state index contributed by atoms with van der Waals surface area (Å²) in [4.78, 5) is 0. The number of unbranched alkanes of at least 4 members (excludes halogenated alkanes) is 9. The highest BCUT2D eigenvalue weighted by Gasteiger charge is 2.02. The van der Waals surface area contributed by atoms with Crippen LogP contribution in [0.15, 0.2) is 0 Å². The fourth-order valence-corrected chi connectivity index (χ4v) is 2.75. The van der Waals surface area contributed by atoms with Crippen molar-refractivity contribution in [3.05, 3.63) is 0 Å². The zero-order valence-electron chi connectivity index (χ0n) is 13.5. The van der Waals surface area contributed by atoms with Crippen LogP contribution in [-0.2, 0) is 10.1 Å². The monoisotopic (exact) mass is 343 g/mol. The van der Waals surface area contributed by atoms with Crippen molar-refractivity contribution < 1.29 is 13.0 Å². The summed E-state index contributed by atoms with van der Waals surface area (Å²) in [6.45, 7) is 3.86. The van der Waals surface area contributed by atoms with Gasteiger partial charge in [0.1, 0.15) is 0 Å². The SMILES string of the molecule is CCCCCCCCCCCCNCCCS(=O)(=O)O.Cl. The molecule has 130 valence electrons. The van der Waals surface area contributed by atoms with E-state index in [0.29, 0.717) is 13.0 Å². The summed E-state index contributed by atoms with van der Waals surface area (Å²) in [7, 11) is -3.78. The average Bonchev–Trinajstić information content (AvgIpc) is 2.38. The standard InChI is InChI=1S/C15H33NO3S.ClH/c1-2-3-4-5-6-7-8-9-10-11-13-16-14-12-15-20(17,18)19;/h16H,2-15H2,1H3,(H,17,18,19);1H. The Kier molecular flexibility index (Phi) is 18.4. The van der Waals surface area contributed by atoms with Gasteiger partial charge < -0.3 is 5.32 Å². The lowest BCUT2D eigenvalue weighted by molar-refractivity contribution is 0.479. The van der Waals surface area contributed by atoms with Crippen molar-refractivity contribution in [1.29, 1.82) is 0 Å². The van der Waals surface area contributed by atoms with Gasteiger partial charge in [-0.25, -0.2) is 0 Å². The maximum atomic E-state index is 10.5. The van der Waals surface area contributed by atoms with Crippen LogP contribution in [0.1, 0.15) is 77.6 Å². The van der Waals surface area contributed by atoms with Gasteiger partial charge in [-0.05, 0) is 25.9 Å². The molecule has 6 heteroatoms. The molecule has 0 aromatic heterocycles. The van der Waals surface area contributed by atoms with Crippen LogP contribution in [-0.4, -0.2) is 31.8 Å². The van der Waals surface area contributed by atoms with Crippen LogP contribution < -0.4 is 5.32 Å². The Morgan fingerprint density at radius 1 is 0.762 bits per heavy atom. The first kappa shape index (κ1) is 23.4. The van der Waals surface area contributed by atoms with Crippen molar-refractivity contribution in [1.82, 2.24) is 5.32 Å². The molecule has 0 fully saturated rings. The van der Waals surface area contributed by atoms with Gasteiger partial charge in [0.15, 0.2) is 0 Å². The molecule has 0 heterocycles. The largest absolute Gasteiger partial charge is 0.317 e. The molecule has 0 amide bonds. The minimum atomic E-state index is -3.78. The normalized spacial score (nSPS) is 11.3. The minimum absolute atomic E-state index is 0. The molecular formula is C15H34ClNO3S. The maximum Gasteiger partial charge on any atom is 0.264 e. The van der Waals surface area contributed by atoms with Crippen molar-refractivity contribution in [2.45, 2.75) is 77.6 Å². The molecule has 0 aliphatic heterocycles. The summed E-state index contributed by atoms with van der Waals surface area (Å²) in [5.41, 5.74) is 0. The Hall–Kier alpha value is 0.160. The Morgan fingerprint density at radius 2 is 1.19 bits per heavy atom. The smallest absolute Gasteiger partial charge is 0.264 e. The topological polar surface area (TPSA) is 66.4 Å².